The number of anilines is 1. The van der Waals surface area contributed by atoms with Gasteiger partial charge in [-0.25, -0.2) is 0 Å². The molecule has 0 spiro atoms. The average Bonchev–Trinajstić information content (AvgIpc) is 2.72. The van der Waals surface area contributed by atoms with Crippen LogP contribution in [0.3, 0.4) is 0 Å². The maximum atomic E-state index is 12.5. The van der Waals surface area contributed by atoms with Crippen LogP contribution in [0.5, 0.6) is 11.5 Å². The zero-order valence-electron chi connectivity index (χ0n) is 15.4. The summed E-state index contributed by atoms with van der Waals surface area (Å²) >= 11 is 3.50. The summed E-state index contributed by atoms with van der Waals surface area (Å²) in [5, 5.41) is 3.08. The summed E-state index contributed by atoms with van der Waals surface area (Å²) in [6.45, 7) is 0.371. The van der Waals surface area contributed by atoms with E-state index in [1.165, 1.54) is 13.2 Å². The molecule has 1 aliphatic rings. The first kappa shape index (κ1) is 19.5. The Balaban J connectivity index is 1.68. The van der Waals surface area contributed by atoms with Gasteiger partial charge in [0.05, 0.1) is 17.3 Å². The molecule has 0 aliphatic carbocycles. The summed E-state index contributed by atoms with van der Waals surface area (Å²) in [7, 11) is -2.26. The molecule has 6 nitrogen and oxygen atoms in total. The molecule has 1 N–H and O–H groups in total. The van der Waals surface area contributed by atoms with Gasteiger partial charge in [-0.2, -0.15) is 8.42 Å². The van der Waals surface area contributed by atoms with Crippen LogP contribution in [0.15, 0.2) is 80.5 Å². The highest BCUT2D eigenvalue weighted by Gasteiger charge is 2.26. The van der Waals surface area contributed by atoms with E-state index in [1.807, 2.05) is 30.3 Å². The number of rotatable bonds is 5. The third-order valence-electron chi connectivity index (χ3n) is 4.36. The van der Waals surface area contributed by atoms with Crippen molar-refractivity contribution in [3.05, 3.63) is 82.3 Å². The van der Waals surface area contributed by atoms with Crippen LogP contribution in [0, 0.1) is 0 Å². The van der Waals surface area contributed by atoms with Crippen molar-refractivity contribution in [1.82, 2.24) is 0 Å². The standard InChI is InChI=1S/C21H17BrN2O4S/c1-27-18-12-15(11-16(22)20(18)28-13-14-7-3-2-4-8-14)21-23-17-9-5-6-10-19(17)29(25,26)24-21/h2-12H,13H2,1H3,(H,23,24). The molecule has 1 aliphatic heterocycles. The number of sulfonamides is 1. The number of hydrogen-bond acceptors (Lipinski definition) is 5. The number of ether oxygens (including phenoxy) is 2. The minimum absolute atomic E-state index is 0.151. The van der Waals surface area contributed by atoms with Gasteiger partial charge in [0.15, 0.2) is 17.3 Å². The maximum Gasteiger partial charge on any atom is 0.286 e. The quantitative estimate of drug-likeness (QED) is 0.587. The van der Waals surface area contributed by atoms with Gasteiger partial charge in [0, 0.05) is 5.56 Å². The predicted molar refractivity (Wildman–Crippen MR) is 115 cm³/mol. The van der Waals surface area contributed by atoms with Gasteiger partial charge >= 0.3 is 0 Å². The number of nitrogens with zero attached hydrogens (tertiary/aromatic N) is 1. The lowest BCUT2D eigenvalue weighted by Gasteiger charge is -2.20. The molecule has 0 saturated carbocycles. The molecule has 0 saturated heterocycles. The van der Waals surface area contributed by atoms with Crippen LogP contribution in [0.25, 0.3) is 0 Å². The lowest BCUT2D eigenvalue weighted by Crippen LogP contribution is -2.22. The highest BCUT2D eigenvalue weighted by Crippen LogP contribution is 2.38. The van der Waals surface area contributed by atoms with Crippen molar-refractivity contribution >= 4 is 37.5 Å². The third-order valence-corrected chi connectivity index (χ3v) is 6.28. The SMILES string of the molecule is COc1cc(C2=NS(=O)(=O)c3ccccc3N2)cc(Br)c1OCc1ccccc1. The van der Waals surface area contributed by atoms with Gasteiger partial charge in [-0.15, -0.1) is 4.40 Å². The Kier molecular flexibility index (Phi) is 5.29. The van der Waals surface area contributed by atoms with Gasteiger partial charge in [-0.1, -0.05) is 42.5 Å². The molecule has 0 fully saturated rings. The summed E-state index contributed by atoms with van der Waals surface area (Å²) in [5.74, 6) is 1.21. The van der Waals surface area contributed by atoms with E-state index in [9.17, 15) is 8.42 Å². The molecule has 8 heteroatoms. The van der Waals surface area contributed by atoms with Crippen molar-refractivity contribution < 1.29 is 17.9 Å². The molecule has 3 aromatic rings. The number of hydrogen-bond donors (Lipinski definition) is 1. The lowest BCUT2D eigenvalue weighted by molar-refractivity contribution is 0.282. The second-order valence-corrected chi connectivity index (χ2v) is 8.73. The Labute approximate surface area is 177 Å². The Hall–Kier alpha value is -2.84. The molecule has 29 heavy (non-hydrogen) atoms. The molecule has 0 aromatic heterocycles. The fraction of sp³-hybridized carbons (Fsp3) is 0.0952. The van der Waals surface area contributed by atoms with Gasteiger partial charge < -0.3 is 14.8 Å². The van der Waals surface area contributed by atoms with Crippen molar-refractivity contribution in [3.63, 3.8) is 0 Å². The first-order chi connectivity index (χ1) is 14.0. The van der Waals surface area contributed by atoms with Crippen LogP contribution in [-0.2, 0) is 16.6 Å². The van der Waals surface area contributed by atoms with Crippen molar-refractivity contribution in [2.45, 2.75) is 11.5 Å². The number of benzene rings is 3. The van der Waals surface area contributed by atoms with Crippen LogP contribution in [0.1, 0.15) is 11.1 Å². The van der Waals surface area contributed by atoms with Crippen molar-refractivity contribution in [2.75, 3.05) is 12.4 Å². The Morgan fingerprint density at radius 3 is 2.52 bits per heavy atom. The van der Waals surface area contributed by atoms with Crippen molar-refractivity contribution in [3.8, 4) is 11.5 Å². The van der Waals surface area contributed by atoms with Gasteiger partial charge in [0.1, 0.15) is 11.5 Å². The van der Waals surface area contributed by atoms with Crippen molar-refractivity contribution in [1.29, 1.82) is 0 Å². The second kappa shape index (κ2) is 7.88. The van der Waals surface area contributed by atoms with E-state index in [2.05, 4.69) is 25.6 Å². The van der Waals surface area contributed by atoms with E-state index in [0.717, 1.165) is 5.56 Å². The molecule has 4 rings (SSSR count). The summed E-state index contributed by atoms with van der Waals surface area (Å²) in [4.78, 5) is 0.151. The van der Waals surface area contributed by atoms with E-state index >= 15 is 0 Å². The van der Waals surface area contributed by atoms with E-state index in [-0.39, 0.29) is 10.7 Å². The van der Waals surface area contributed by atoms with E-state index in [0.29, 0.717) is 33.8 Å². The van der Waals surface area contributed by atoms with Gasteiger partial charge in [0.25, 0.3) is 10.0 Å². The molecule has 148 valence electrons. The summed E-state index contributed by atoms with van der Waals surface area (Å²) in [6, 6.07) is 19.9. The van der Waals surface area contributed by atoms with Crippen LogP contribution in [0.2, 0.25) is 0 Å². The molecule has 0 amide bonds. The fourth-order valence-electron chi connectivity index (χ4n) is 2.97. The number of para-hydroxylation sites is 1. The minimum Gasteiger partial charge on any atom is -0.493 e. The third kappa shape index (κ3) is 3.99. The van der Waals surface area contributed by atoms with Gasteiger partial charge in [-0.05, 0) is 45.8 Å². The molecule has 1 heterocycles. The van der Waals surface area contributed by atoms with E-state index < -0.39 is 10.0 Å². The van der Waals surface area contributed by atoms with Gasteiger partial charge in [0.2, 0.25) is 0 Å². The Bertz CT molecular complexity index is 1190. The largest absolute Gasteiger partial charge is 0.493 e. The number of amidine groups is 1. The minimum atomic E-state index is -3.79. The normalized spacial score (nSPS) is 14.3. The first-order valence-corrected chi connectivity index (χ1v) is 11.0. The lowest BCUT2D eigenvalue weighted by atomic mass is 10.1. The molecule has 0 unspecified atom stereocenters. The topological polar surface area (TPSA) is 77.0 Å². The fourth-order valence-corrected chi connectivity index (χ4v) is 4.66. The highest BCUT2D eigenvalue weighted by atomic mass is 79.9. The predicted octanol–water partition coefficient (Wildman–Crippen LogP) is 4.60. The highest BCUT2D eigenvalue weighted by molar-refractivity contribution is 9.10. The molecule has 0 atom stereocenters. The molecule has 0 bridgehead atoms. The molecular formula is C21H17BrN2O4S. The first-order valence-electron chi connectivity index (χ1n) is 8.73. The maximum absolute atomic E-state index is 12.5. The summed E-state index contributed by atoms with van der Waals surface area (Å²) < 4.78 is 41.0. The zero-order chi connectivity index (χ0) is 20.4. The summed E-state index contributed by atoms with van der Waals surface area (Å²) in [5.41, 5.74) is 2.06. The van der Waals surface area contributed by atoms with E-state index in [1.54, 1.807) is 30.3 Å². The molecule has 0 radical (unpaired) electrons. The molecular weight excluding hydrogens is 456 g/mol. The Morgan fingerprint density at radius 1 is 1.03 bits per heavy atom. The number of halogens is 1. The number of methoxy groups -OCH3 is 1. The summed E-state index contributed by atoms with van der Waals surface area (Å²) in [6.07, 6.45) is 0. The smallest absolute Gasteiger partial charge is 0.286 e. The zero-order valence-corrected chi connectivity index (χ0v) is 17.8. The average molecular weight is 473 g/mol. The second-order valence-electron chi connectivity index (χ2n) is 6.30. The van der Waals surface area contributed by atoms with Crippen LogP contribution in [0.4, 0.5) is 5.69 Å². The monoisotopic (exact) mass is 472 g/mol. The number of nitrogens with one attached hydrogen (secondary N) is 1. The van der Waals surface area contributed by atoms with E-state index in [4.69, 9.17) is 9.47 Å². The number of fused-ring (bicyclic) bond motifs is 1. The van der Waals surface area contributed by atoms with Crippen LogP contribution in [-0.4, -0.2) is 21.4 Å². The van der Waals surface area contributed by atoms with Crippen LogP contribution >= 0.6 is 15.9 Å². The van der Waals surface area contributed by atoms with Crippen molar-refractivity contribution in [2.24, 2.45) is 4.40 Å². The Morgan fingerprint density at radius 2 is 1.76 bits per heavy atom. The molecule has 3 aromatic carbocycles. The van der Waals surface area contributed by atoms with Gasteiger partial charge in [-0.3, -0.25) is 0 Å². The van der Waals surface area contributed by atoms with Crippen LogP contribution < -0.4 is 14.8 Å².